The van der Waals surface area contributed by atoms with Crippen molar-refractivity contribution in [2.45, 2.75) is 38.3 Å². The molecule has 0 aromatic heterocycles. The van der Waals surface area contributed by atoms with Crippen molar-refractivity contribution in [1.82, 2.24) is 4.90 Å². The molecule has 1 saturated carbocycles. The van der Waals surface area contributed by atoms with E-state index in [0.29, 0.717) is 18.5 Å². The fourth-order valence-corrected chi connectivity index (χ4v) is 2.77. The third-order valence-electron chi connectivity index (χ3n) is 4.17. The lowest BCUT2D eigenvalue weighted by molar-refractivity contribution is -0.139. The molecule has 0 radical (unpaired) electrons. The molecule has 0 bridgehead atoms. The largest absolute Gasteiger partial charge is 0.399 e. The van der Waals surface area contributed by atoms with Crippen LogP contribution in [-0.2, 0) is 16.1 Å². The molecule has 1 heterocycles. The number of anilines is 1. The Labute approximate surface area is 119 Å². The number of hydrogen-bond acceptors (Lipinski definition) is 3. The Morgan fingerprint density at radius 2 is 1.80 bits per heavy atom. The summed E-state index contributed by atoms with van der Waals surface area (Å²) in [6.07, 6.45) is 4.02. The van der Waals surface area contributed by atoms with E-state index in [2.05, 4.69) is 4.90 Å². The molecular weight excluding hydrogens is 252 g/mol. The molecule has 1 aromatic rings. The summed E-state index contributed by atoms with van der Waals surface area (Å²) >= 11 is 0. The van der Waals surface area contributed by atoms with E-state index in [1.54, 1.807) is 0 Å². The number of nitrogen functional groups attached to an aromatic ring is 1. The first-order valence-electron chi connectivity index (χ1n) is 7.46. The number of hydrogen-bond donors (Lipinski definition) is 1. The molecule has 108 valence electrons. The summed E-state index contributed by atoms with van der Waals surface area (Å²) in [6, 6.07) is 8.28. The lowest BCUT2D eigenvalue weighted by Gasteiger charge is -2.29. The first-order chi connectivity index (χ1) is 9.74. The Bertz CT molecular complexity index is 462. The van der Waals surface area contributed by atoms with Crippen LogP contribution < -0.4 is 5.73 Å². The van der Waals surface area contributed by atoms with Crippen LogP contribution in [-0.4, -0.2) is 30.1 Å². The summed E-state index contributed by atoms with van der Waals surface area (Å²) in [6.45, 7) is 2.15. The molecule has 20 heavy (non-hydrogen) atoms. The van der Waals surface area contributed by atoms with Gasteiger partial charge in [0.05, 0.1) is 0 Å². The van der Waals surface area contributed by atoms with E-state index >= 15 is 0 Å². The van der Waals surface area contributed by atoms with Crippen LogP contribution >= 0.6 is 0 Å². The average molecular weight is 274 g/mol. The smallest absolute Gasteiger partial charge is 0.226 e. The number of benzene rings is 1. The zero-order chi connectivity index (χ0) is 13.9. The standard InChI is InChI=1S/C16H22N2O2/c17-14-3-1-12(2-4-14)11-18(15-5-6-15)16(19)13-7-9-20-10-8-13/h1-4,13,15H,5-11,17H2. The number of amides is 1. The number of ether oxygens (including phenoxy) is 1. The van der Waals surface area contributed by atoms with Crippen LogP contribution in [0, 0.1) is 5.92 Å². The fourth-order valence-electron chi connectivity index (χ4n) is 2.77. The van der Waals surface area contributed by atoms with E-state index in [0.717, 1.165) is 50.1 Å². The Hall–Kier alpha value is -1.55. The molecule has 0 atom stereocenters. The zero-order valence-electron chi connectivity index (χ0n) is 11.8. The molecule has 0 unspecified atom stereocenters. The van der Waals surface area contributed by atoms with Crippen molar-refractivity contribution in [2.24, 2.45) is 5.92 Å². The van der Waals surface area contributed by atoms with Crippen molar-refractivity contribution in [3.05, 3.63) is 29.8 Å². The second-order valence-electron chi connectivity index (χ2n) is 5.83. The Balaban J connectivity index is 1.68. The zero-order valence-corrected chi connectivity index (χ0v) is 11.8. The van der Waals surface area contributed by atoms with E-state index in [-0.39, 0.29) is 5.92 Å². The molecule has 4 nitrogen and oxygen atoms in total. The molecule has 1 aromatic carbocycles. The van der Waals surface area contributed by atoms with Gasteiger partial charge in [-0.1, -0.05) is 12.1 Å². The van der Waals surface area contributed by atoms with Gasteiger partial charge in [0, 0.05) is 37.4 Å². The van der Waals surface area contributed by atoms with Gasteiger partial charge >= 0.3 is 0 Å². The summed E-state index contributed by atoms with van der Waals surface area (Å²) in [5, 5.41) is 0. The molecule has 1 aliphatic carbocycles. The average Bonchev–Trinajstić information content (AvgIpc) is 3.31. The molecular formula is C16H22N2O2. The second kappa shape index (κ2) is 5.83. The molecule has 4 heteroatoms. The van der Waals surface area contributed by atoms with Crippen LogP contribution in [0.15, 0.2) is 24.3 Å². The Kier molecular flexibility index (Phi) is 3.92. The maximum absolute atomic E-state index is 12.7. The minimum absolute atomic E-state index is 0.151. The molecule has 3 rings (SSSR count). The fraction of sp³-hybridized carbons (Fsp3) is 0.562. The third kappa shape index (κ3) is 3.12. The summed E-state index contributed by atoms with van der Waals surface area (Å²) in [7, 11) is 0. The summed E-state index contributed by atoms with van der Waals surface area (Å²) in [5.74, 6) is 0.464. The van der Waals surface area contributed by atoms with Crippen molar-refractivity contribution in [3.63, 3.8) is 0 Å². The molecule has 0 spiro atoms. The van der Waals surface area contributed by atoms with Gasteiger partial charge in [-0.25, -0.2) is 0 Å². The van der Waals surface area contributed by atoms with Gasteiger partial charge < -0.3 is 15.4 Å². The summed E-state index contributed by atoms with van der Waals surface area (Å²) in [4.78, 5) is 14.8. The maximum Gasteiger partial charge on any atom is 0.226 e. The predicted molar refractivity (Wildman–Crippen MR) is 78.0 cm³/mol. The summed E-state index contributed by atoms with van der Waals surface area (Å²) in [5.41, 5.74) is 7.64. The van der Waals surface area contributed by atoms with Gasteiger partial charge in [-0.15, -0.1) is 0 Å². The maximum atomic E-state index is 12.7. The van der Waals surface area contributed by atoms with Crippen LogP contribution in [0.2, 0.25) is 0 Å². The first-order valence-corrected chi connectivity index (χ1v) is 7.46. The lowest BCUT2D eigenvalue weighted by atomic mass is 9.98. The monoisotopic (exact) mass is 274 g/mol. The second-order valence-corrected chi connectivity index (χ2v) is 5.83. The minimum atomic E-state index is 0.151. The van der Waals surface area contributed by atoms with Crippen LogP contribution in [0.5, 0.6) is 0 Å². The normalized spacial score (nSPS) is 19.8. The predicted octanol–water partition coefficient (Wildman–Crippen LogP) is 2.19. The van der Waals surface area contributed by atoms with Gasteiger partial charge in [-0.2, -0.15) is 0 Å². The summed E-state index contributed by atoms with van der Waals surface area (Å²) < 4.78 is 5.35. The highest BCUT2D eigenvalue weighted by Gasteiger charge is 2.36. The number of nitrogens with two attached hydrogens (primary N) is 1. The van der Waals surface area contributed by atoms with Crippen molar-refractivity contribution in [1.29, 1.82) is 0 Å². The van der Waals surface area contributed by atoms with E-state index in [4.69, 9.17) is 10.5 Å². The van der Waals surface area contributed by atoms with Crippen LogP contribution in [0.1, 0.15) is 31.2 Å². The lowest BCUT2D eigenvalue weighted by Crippen LogP contribution is -2.39. The topological polar surface area (TPSA) is 55.6 Å². The number of carbonyl (C=O) groups excluding carboxylic acids is 1. The molecule has 2 aliphatic rings. The van der Waals surface area contributed by atoms with Crippen molar-refractivity contribution in [2.75, 3.05) is 18.9 Å². The van der Waals surface area contributed by atoms with E-state index < -0.39 is 0 Å². The minimum Gasteiger partial charge on any atom is -0.399 e. The van der Waals surface area contributed by atoms with Gasteiger partial charge in [-0.05, 0) is 43.4 Å². The molecule has 2 N–H and O–H groups in total. The van der Waals surface area contributed by atoms with E-state index in [1.807, 2.05) is 24.3 Å². The Morgan fingerprint density at radius 1 is 1.15 bits per heavy atom. The van der Waals surface area contributed by atoms with Gasteiger partial charge in [0.1, 0.15) is 0 Å². The SMILES string of the molecule is Nc1ccc(CN(C(=O)C2CCOCC2)C2CC2)cc1. The van der Waals surface area contributed by atoms with Gasteiger partial charge in [0.25, 0.3) is 0 Å². The van der Waals surface area contributed by atoms with Crippen LogP contribution in [0.25, 0.3) is 0 Å². The molecule has 1 aliphatic heterocycles. The van der Waals surface area contributed by atoms with Gasteiger partial charge in [0.15, 0.2) is 0 Å². The van der Waals surface area contributed by atoms with Crippen molar-refractivity contribution in [3.8, 4) is 0 Å². The van der Waals surface area contributed by atoms with Gasteiger partial charge in [-0.3, -0.25) is 4.79 Å². The third-order valence-corrected chi connectivity index (χ3v) is 4.17. The van der Waals surface area contributed by atoms with Crippen molar-refractivity contribution < 1.29 is 9.53 Å². The molecule has 1 saturated heterocycles. The highest BCUT2D eigenvalue weighted by atomic mass is 16.5. The molecule has 2 fully saturated rings. The van der Waals surface area contributed by atoms with Crippen LogP contribution in [0.3, 0.4) is 0 Å². The quantitative estimate of drug-likeness (QED) is 0.856. The highest BCUT2D eigenvalue weighted by Crippen LogP contribution is 2.31. The first kappa shape index (κ1) is 13.4. The molecule has 1 amide bonds. The van der Waals surface area contributed by atoms with Crippen molar-refractivity contribution >= 4 is 11.6 Å². The van der Waals surface area contributed by atoms with E-state index in [9.17, 15) is 4.79 Å². The van der Waals surface area contributed by atoms with E-state index in [1.165, 1.54) is 0 Å². The van der Waals surface area contributed by atoms with Crippen LogP contribution in [0.4, 0.5) is 5.69 Å². The van der Waals surface area contributed by atoms with Gasteiger partial charge in [0.2, 0.25) is 5.91 Å². The number of carbonyl (C=O) groups is 1. The number of nitrogens with zero attached hydrogens (tertiary/aromatic N) is 1. The highest BCUT2D eigenvalue weighted by molar-refractivity contribution is 5.79. The Morgan fingerprint density at radius 3 is 2.40 bits per heavy atom. The number of rotatable bonds is 4.